The average molecular weight is 275 g/mol. The van der Waals surface area contributed by atoms with Gasteiger partial charge in [-0.2, -0.15) is 0 Å². The van der Waals surface area contributed by atoms with Gasteiger partial charge in [-0.25, -0.2) is 0 Å². The zero-order valence-electron chi connectivity index (χ0n) is 12.2. The zero-order valence-corrected chi connectivity index (χ0v) is 12.2. The van der Waals surface area contributed by atoms with Gasteiger partial charge < -0.3 is 0 Å². The lowest BCUT2D eigenvalue weighted by atomic mass is 9.78. The highest BCUT2D eigenvalue weighted by atomic mass is 16.1. The maximum Gasteiger partial charge on any atom is 0.172 e. The van der Waals surface area contributed by atoms with E-state index in [9.17, 15) is 4.79 Å². The quantitative estimate of drug-likeness (QED) is 0.663. The molecule has 1 aromatic heterocycles. The Balaban J connectivity index is 2.03. The van der Waals surface area contributed by atoms with Crippen LogP contribution in [0.1, 0.15) is 29.8 Å². The molecule has 3 rings (SSSR count). The Labute approximate surface area is 124 Å². The van der Waals surface area contributed by atoms with Crippen molar-refractivity contribution in [2.45, 2.75) is 19.3 Å². The molecule has 1 heterocycles. The second kappa shape index (κ2) is 5.13. The number of benzene rings is 2. The van der Waals surface area contributed by atoms with Crippen molar-refractivity contribution in [2.24, 2.45) is 0 Å². The summed E-state index contributed by atoms with van der Waals surface area (Å²) in [6.07, 6.45) is 1.76. The Hall–Kier alpha value is -2.48. The number of carbonyl (C=O) groups is 1. The first-order valence-electron chi connectivity index (χ1n) is 7.04. The first-order chi connectivity index (χ1) is 10.1. The molecule has 0 saturated heterocycles. The van der Waals surface area contributed by atoms with Crippen LogP contribution in [0.15, 0.2) is 66.9 Å². The number of hydrogen-bond donors (Lipinski definition) is 0. The van der Waals surface area contributed by atoms with Crippen LogP contribution >= 0.6 is 0 Å². The van der Waals surface area contributed by atoms with Crippen molar-refractivity contribution in [2.75, 3.05) is 0 Å². The summed E-state index contributed by atoms with van der Waals surface area (Å²) in [7, 11) is 0. The molecule has 21 heavy (non-hydrogen) atoms. The molecule has 0 bridgehead atoms. The van der Waals surface area contributed by atoms with Crippen molar-refractivity contribution in [3.8, 4) is 0 Å². The van der Waals surface area contributed by atoms with Gasteiger partial charge in [0, 0.05) is 17.1 Å². The van der Waals surface area contributed by atoms with Gasteiger partial charge in [-0.15, -0.1) is 0 Å². The molecule has 0 unspecified atom stereocenters. The number of carbonyl (C=O) groups excluding carboxylic acids is 1. The molecule has 0 saturated carbocycles. The van der Waals surface area contributed by atoms with Gasteiger partial charge in [0.05, 0.1) is 10.9 Å². The minimum absolute atomic E-state index is 0.124. The Morgan fingerprint density at radius 1 is 0.952 bits per heavy atom. The lowest BCUT2D eigenvalue weighted by molar-refractivity contribution is 0.0909. The third-order valence-electron chi connectivity index (χ3n) is 3.93. The highest BCUT2D eigenvalue weighted by Crippen LogP contribution is 2.28. The number of pyridine rings is 1. The largest absolute Gasteiger partial charge is 0.293 e. The SMILES string of the molecule is CC(C)(C(=O)c1ccc2ncccc2c1)c1ccccc1. The number of fused-ring (bicyclic) bond motifs is 1. The molecule has 0 amide bonds. The lowest BCUT2D eigenvalue weighted by Gasteiger charge is -2.24. The van der Waals surface area contributed by atoms with E-state index in [4.69, 9.17) is 0 Å². The van der Waals surface area contributed by atoms with Gasteiger partial charge in [-0.05, 0) is 43.7 Å². The third-order valence-corrected chi connectivity index (χ3v) is 3.93. The Morgan fingerprint density at radius 3 is 2.48 bits per heavy atom. The lowest BCUT2D eigenvalue weighted by Crippen LogP contribution is -2.29. The molecule has 3 aromatic rings. The fourth-order valence-corrected chi connectivity index (χ4v) is 2.56. The van der Waals surface area contributed by atoms with Crippen LogP contribution in [0.2, 0.25) is 0 Å². The molecule has 0 atom stereocenters. The van der Waals surface area contributed by atoms with Crippen LogP contribution in [0.4, 0.5) is 0 Å². The fourth-order valence-electron chi connectivity index (χ4n) is 2.56. The monoisotopic (exact) mass is 275 g/mol. The van der Waals surface area contributed by atoms with E-state index in [0.29, 0.717) is 0 Å². The summed E-state index contributed by atoms with van der Waals surface area (Å²) in [5.41, 5.74) is 2.12. The first kappa shape index (κ1) is 13.5. The number of rotatable bonds is 3. The van der Waals surface area contributed by atoms with Crippen molar-refractivity contribution in [1.82, 2.24) is 4.98 Å². The van der Waals surface area contributed by atoms with E-state index in [2.05, 4.69) is 4.98 Å². The molecule has 0 fully saturated rings. The maximum absolute atomic E-state index is 12.9. The zero-order chi connectivity index (χ0) is 14.9. The minimum atomic E-state index is -0.544. The molecule has 0 radical (unpaired) electrons. The smallest absolute Gasteiger partial charge is 0.172 e. The minimum Gasteiger partial charge on any atom is -0.293 e. The molecule has 0 aliphatic rings. The van der Waals surface area contributed by atoms with Gasteiger partial charge in [0.15, 0.2) is 5.78 Å². The summed E-state index contributed by atoms with van der Waals surface area (Å²) in [5, 5.41) is 0.993. The Kier molecular flexibility index (Phi) is 3.30. The van der Waals surface area contributed by atoms with Crippen LogP contribution in [0.5, 0.6) is 0 Å². The molecule has 2 aromatic carbocycles. The molecule has 0 aliphatic heterocycles. The van der Waals surface area contributed by atoms with Crippen molar-refractivity contribution < 1.29 is 4.79 Å². The molecule has 0 N–H and O–H groups in total. The summed E-state index contributed by atoms with van der Waals surface area (Å²) >= 11 is 0. The van der Waals surface area contributed by atoms with E-state index in [-0.39, 0.29) is 5.78 Å². The van der Waals surface area contributed by atoms with Crippen LogP contribution in [0.3, 0.4) is 0 Å². The van der Waals surface area contributed by atoms with Gasteiger partial charge in [0.25, 0.3) is 0 Å². The van der Waals surface area contributed by atoms with Gasteiger partial charge >= 0.3 is 0 Å². The molecule has 0 aliphatic carbocycles. The molecule has 104 valence electrons. The van der Waals surface area contributed by atoms with E-state index in [1.54, 1.807) is 6.20 Å². The number of ketones is 1. The summed E-state index contributed by atoms with van der Waals surface area (Å²) in [4.78, 5) is 17.2. The van der Waals surface area contributed by atoms with Crippen LogP contribution in [0, 0.1) is 0 Å². The molecule has 0 spiro atoms. The number of aromatic nitrogens is 1. The Bertz CT molecular complexity index is 791. The number of hydrogen-bond acceptors (Lipinski definition) is 2. The summed E-state index contributed by atoms with van der Waals surface area (Å²) in [5.74, 6) is 0.124. The highest BCUT2D eigenvalue weighted by Gasteiger charge is 2.30. The van der Waals surface area contributed by atoms with E-state index < -0.39 is 5.41 Å². The average Bonchev–Trinajstić information content (AvgIpc) is 2.54. The van der Waals surface area contributed by atoms with E-state index in [1.807, 2.05) is 74.5 Å². The number of Topliss-reactive ketones (excluding diaryl/α,β-unsaturated/α-hetero) is 1. The van der Waals surface area contributed by atoms with E-state index in [0.717, 1.165) is 22.0 Å². The van der Waals surface area contributed by atoms with Gasteiger partial charge in [0.1, 0.15) is 0 Å². The van der Waals surface area contributed by atoms with Crippen molar-refractivity contribution >= 4 is 16.7 Å². The topological polar surface area (TPSA) is 30.0 Å². The third kappa shape index (κ3) is 2.45. The standard InChI is InChI=1S/C19H17NO/c1-19(2,16-8-4-3-5-9-16)18(21)15-10-11-17-14(13-15)7-6-12-20-17/h3-13H,1-2H3. The second-order valence-electron chi connectivity index (χ2n) is 5.73. The van der Waals surface area contributed by atoms with E-state index >= 15 is 0 Å². The predicted molar refractivity (Wildman–Crippen MR) is 85.5 cm³/mol. The second-order valence-corrected chi connectivity index (χ2v) is 5.73. The fraction of sp³-hybridized carbons (Fsp3) is 0.158. The number of nitrogens with zero attached hydrogens (tertiary/aromatic N) is 1. The molecular weight excluding hydrogens is 258 g/mol. The van der Waals surface area contributed by atoms with Crippen LogP contribution in [-0.4, -0.2) is 10.8 Å². The Morgan fingerprint density at radius 2 is 1.71 bits per heavy atom. The van der Waals surface area contributed by atoms with Crippen LogP contribution < -0.4 is 0 Å². The van der Waals surface area contributed by atoms with E-state index in [1.165, 1.54) is 0 Å². The highest BCUT2D eigenvalue weighted by molar-refractivity contribution is 6.05. The summed E-state index contributed by atoms with van der Waals surface area (Å²) < 4.78 is 0. The first-order valence-corrected chi connectivity index (χ1v) is 7.04. The normalized spacial score (nSPS) is 11.5. The van der Waals surface area contributed by atoms with Crippen molar-refractivity contribution in [1.29, 1.82) is 0 Å². The maximum atomic E-state index is 12.9. The van der Waals surface area contributed by atoms with Crippen molar-refractivity contribution in [3.05, 3.63) is 78.0 Å². The van der Waals surface area contributed by atoms with Crippen LogP contribution in [-0.2, 0) is 5.41 Å². The predicted octanol–water partition coefficient (Wildman–Crippen LogP) is 4.40. The summed E-state index contributed by atoms with van der Waals surface area (Å²) in [6, 6.07) is 19.5. The molecule has 2 heteroatoms. The van der Waals surface area contributed by atoms with Gasteiger partial charge in [0.2, 0.25) is 0 Å². The van der Waals surface area contributed by atoms with Gasteiger partial charge in [-0.1, -0.05) is 36.4 Å². The van der Waals surface area contributed by atoms with Crippen molar-refractivity contribution in [3.63, 3.8) is 0 Å². The van der Waals surface area contributed by atoms with Gasteiger partial charge in [-0.3, -0.25) is 9.78 Å². The van der Waals surface area contributed by atoms with Crippen LogP contribution in [0.25, 0.3) is 10.9 Å². The summed E-state index contributed by atoms with van der Waals surface area (Å²) in [6.45, 7) is 3.94. The molecular formula is C19H17NO. The molecule has 2 nitrogen and oxygen atoms in total.